The molecule has 0 saturated carbocycles. The van der Waals surface area contributed by atoms with Crippen LogP contribution < -0.4 is 15.4 Å². The molecule has 0 bridgehead atoms. The predicted octanol–water partition coefficient (Wildman–Crippen LogP) is -0.167. The summed E-state index contributed by atoms with van der Waals surface area (Å²) in [5, 5.41) is 15.9. The van der Waals surface area contributed by atoms with Crippen molar-refractivity contribution < 1.29 is 19.4 Å². The van der Waals surface area contributed by atoms with Gasteiger partial charge in [-0.2, -0.15) is 0 Å². The van der Waals surface area contributed by atoms with E-state index in [-0.39, 0.29) is 18.5 Å². The summed E-state index contributed by atoms with van der Waals surface area (Å²) in [6, 6.07) is 6.85. The standard InChI is InChI=1S/C14H20N2O4/c1-19-13-5-3-2-4-10(13)12(17)8-16-14(18)11-9-20-7-6-15-11/h2-5,11-12,15,17H,6-9H2,1H3,(H,16,18)/t11-,12+/m0/s1. The number of amides is 1. The Kier molecular flexibility index (Phi) is 5.34. The Morgan fingerprint density at radius 3 is 3.10 bits per heavy atom. The van der Waals surface area contributed by atoms with Crippen molar-refractivity contribution in [1.82, 2.24) is 10.6 Å². The van der Waals surface area contributed by atoms with E-state index in [4.69, 9.17) is 9.47 Å². The maximum Gasteiger partial charge on any atom is 0.239 e. The molecule has 0 radical (unpaired) electrons. The smallest absolute Gasteiger partial charge is 0.239 e. The summed E-state index contributed by atoms with van der Waals surface area (Å²) >= 11 is 0. The second kappa shape index (κ2) is 7.23. The van der Waals surface area contributed by atoms with Crippen molar-refractivity contribution in [1.29, 1.82) is 0 Å². The molecule has 1 heterocycles. The Bertz CT molecular complexity index is 447. The summed E-state index contributed by atoms with van der Waals surface area (Å²) in [5.41, 5.74) is 0.656. The van der Waals surface area contributed by atoms with Crippen LogP contribution in [0.25, 0.3) is 0 Å². The molecule has 110 valence electrons. The number of para-hydroxylation sites is 1. The van der Waals surface area contributed by atoms with Gasteiger partial charge in [0, 0.05) is 18.7 Å². The fourth-order valence-electron chi connectivity index (χ4n) is 2.11. The van der Waals surface area contributed by atoms with Gasteiger partial charge in [-0.15, -0.1) is 0 Å². The molecule has 0 unspecified atom stereocenters. The number of carbonyl (C=O) groups is 1. The van der Waals surface area contributed by atoms with E-state index in [0.717, 1.165) is 0 Å². The normalized spacial score (nSPS) is 20.2. The molecular formula is C14H20N2O4. The second-order valence-electron chi connectivity index (χ2n) is 4.58. The van der Waals surface area contributed by atoms with Crippen molar-refractivity contribution in [3.63, 3.8) is 0 Å². The van der Waals surface area contributed by atoms with Crippen molar-refractivity contribution in [2.45, 2.75) is 12.1 Å². The van der Waals surface area contributed by atoms with E-state index in [1.807, 2.05) is 12.1 Å². The van der Waals surface area contributed by atoms with E-state index in [9.17, 15) is 9.90 Å². The third-order valence-electron chi connectivity index (χ3n) is 3.21. The van der Waals surface area contributed by atoms with Crippen molar-refractivity contribution >= 4 is 5.91 Å². The van der Waals surface area contributed by atoms with Crippen LogP contribution in [0.3, 0.4) is 0 Å². The number of rotatable bonds is 5. The Morgan fingerprint density at radius 1 is 1.60 bits per heavy atom. The molecule has 2 rings (SSSR count). The summed E-state index contributed by atoms with van der Waals surface area (Å²) < 4.78 is 10.4. The van der Waals surface area contributed by atoms with Crippen molar-refractivity contribution in [3.8, 4) is 5.75 Å². The van der Waals surface area contributed by atoms with Gasteiger partial charge in [-0.3, -0.25) is 4.79 Å². The lowest BCUT2D eigenvalue weighted by Gasteiger charge is -2.23. The predicted molar refractivity (Wildman–Crippen MR) is 73.6 cm³/mol. The number of methoxy groups -OCH3 is 1. The molecule has 6 heteroatoms. The maximum absolute atomic E-state index is 11.9. The van der Waals surface area contributed by atoms with Gasteiger partial charge in [-0.05, 0) is 6.07 Å². The molecule has 1 saturated heterocycles. The molecule has 1 aromatic carbocycles. The van der Waals surface area contributed by atoms with Crippen LogP contribution in [0.4, 0.5) is 0 Å². The Balaban J connectivity index is 1.88. The Hall–Kier alpha value is -1.63. The number of hydrogen-bond acceptors (Lipinski definition) is 5. The van der Waals surface area contributed by atoms with Crippen molar-refractivity contribution in [2.75, 3.05) is 33.4 Å². The van der Waals surface area contributed by atoms with Gasteiger partial charge in [0.2, 0.25) is 5.91 Å². The highest BCUT2D eigenvalue weighted by molar-refractivity contribution is 5.82. The van der Waals surface area contributed by atoms with Crippen LogP contribution in [0.1, 0.15) is 11.7 Å². The zero-order valence-electron chi connectivity index (χ0n) is 11.5. The first-order valence-electron chi connectivity index (χ1n) is 6.62. The minimum atomic E-state index is -0.806. The Morgan fingerprint density at radius 2 is 2.40 bits per heavy atom. The monoisotopic (exact) mass is 280 g/mol. The number of hydrogen-bond donors (Lipinski definition) is 3. The van der Waals surface area contributed by atoms with E-state index >= 15 is 0 Å². The average molecular weight is 280 g/mol. The SMILES string of the molecule is COc1ccccc1[C@H](O)CNC(=O)[C@@H]1COCCN1. The molecule has 1 aliphatic heterocycles. The number of benzene rings is 1. The highest BCUT2D eigenvalue weighted by Gasteiger charge is 2.22. The lowest BCUT2D eigenvalue weighted by molar-refractivity contribution is -0.126. The molecule has 0 aromatic heterocycles. The summed E-state index contributed by atoms with van der Waals surface area (Å²) in [7, 11) is 1.55. The van der Waals surface area contributed by atoms with Crippen LogP contribution in [0, 0.1) is 0 Å². The number of morpholine rings is 1. The first-order valence-corrected chi connectivity index (χ1v) is 6.62. The zero-order chi connectivity index (χ0) is 14.4. The molecule has 1 aromatic rings. The topological polar surface area (TPSA) is 79.8 Å². The van der Waals surface area contributed by atoms with Gasteiger partial charge >= 0.3 is 0 Å². The van der Waals surface area contributed by atoms with Crippen LogP contribution in [-0.2, 0) is 9.53 Å². The van der Waals surface area contributed by atoms with Gasteiger partial charge in [0.05, 0.1) is 26.4 Å². The first kappa shape index (κ1) is 14.8. The van der Waals surface area contributed by atoms with Gasteiger partial charge < -0.3 is 25.2 Å². The van der Waals surface area contributed by atoms with Gasteiger partial charge in [0.25, 0.3) is 0 Å². The van der Waals surface area contributed by atoms with E-state index in [0.29, 0.717) is 31.1 Å². The maximum atomic E-state index is 11.9. The third kappa shape index (κ3) is 3.69. The van der Waals surface area contributed by atoms with E-state index < -0.39 is 6.10 Å². The lowest BCUT2D eigenvalue weighted by Crippen LogP contribution is -2.51. The highest BCUT2D eigenvalue weighted by Crippen LogP contribution is 2.23. The number of carbonyl (C=O) groups excluding carboxylic acids is 1. The van der Waals surface area contributed by atoms with Crippen LogP contribution >= 0.6 is 0 Å². The fourth-order valence-corrected chi connectivity index (χ4v) is 2.11. The van der Waals surface area contributed by atoms with E-state index in [2.05, 4.69) is 10.6 Å². The number of aliphatic hydroxyl groups excluding tert-OH is 1. The first-order chi connectivity index (χ1) is 9.72. The number of aliphatic hydroxyl groups is 1. The fraction of sp³-hybridized carbons (Fsp3) is 0.500. The molecule has 1 fully saturated rings. The lowest BCUT2D eigenvalue weighted by atomic mass is 10.1. The van der Waals surface area contributed by atoms with Crippen molar-refractivity contribution in [2.24, 2.45) is 0 Å². The van der Waals surface area contributed by atoms with Gasteiger partial charge in [-0.1, -0.05) is 18.2 Å². The van der Waals surface area contributed by atoms with E-state index in [1.54, 1.807) is 19.2 Å². The summed E-state index contributed by atoms with van der Waals surface area (Å²) in [5.74, 6) is 0.437. The molecule has 20 heavy (non-hydrogen) atoms. The summed E-state index contributed by atoms with van der Waals surface area (Å²) in [6.07, 6.45) is -0.806. The number of ether oxygens (including phenoxy) is 2. The summed E-state index contributed by atoms with van der Waals surface area (Å²) in [4.78, 5) is 11.9. The summed E-state index contributed by atoms with van der Waals surface area (Å²) in [6.45, 7) is 1.77. The highest BCUT2D eigenvalue weighted by atomic mass is 16.5. The average Bonchev–Trinajstić information content (AvgIpc) is 2.53. The molecular weight excluding hydrogens is 260 g/mol. The molecule has 1 amide bonds. The molecule has 3 N–H and O–H groups in total. The van der Waals surface area contributed by atoms with Crippen LogP contribution in [0.15, 0.2) is 24.3 Å². The largest absolute Gasteiger partial charge is 0.496 e. The molecule has 0 aliphatic carbocycles. The Labute approximate surface area is 118 Å². The minimum absolute atomic E-state index is 0.136. The molecule has 0 spiro atoms. The van der Waals surface area contributed by atoms with E-state index in [1.165, 1.54) is 0 Å². The van der Waals surface area contributed by atoms with Crippen LogP contribution in [0.2, 0.25) is 0 Å². The minimum Gasteiger partial charge on any atom is -0.496 e. The molecule has 6 nitrogen and oxygen atoms in total. The van der Waals surface area contributed by atoms with Gasteiger partial charge in [-0.25, -0.2) is 0 Å². The quantitative estimate of drug-likeness (QED) is 0.698. The zero-order valence-corrected chi connectivity index (χ0v) is 11.5. The van der Waals surface area contributed by atoms with Crippen molar-refractivity contribution in [3.05, 3.63) is 29.8 Å². The number of nitrogens with one attached hydrogen (secondary N) is 2. The van der Waals surface area contributed by atoms with Gasteiger partial charge in [0.1, 0.15) is 11.8 Å². The third-order valence-corrected chi connectivity index (χ3v) is 3.21. The van der Waals surface area contributed by atoms with Crippen LogP contribution in [-0.4, -0.2) is 50.5 Å². The molecule has 2 atom stereocenters. The second-order valence-corrected chi connectivity index (χ2v) is 4.58. The molecule has 1 aliphatic rings. The van der Waals surface area contributed by atoms with Crippen LogP contribution in [0.5, 0.6) is 5.75 Å². The van der Waals surface area contributed by atoms with Gasteiger partial charge in [0.15, 0.2) is 0 Å².